The van der Waals surface area contributed by atoms with E-state index in [4.69, 9.17) is 0 Å². The van der Waals surface area contributed by atoms with E-state index < -0.39 is 0 Å². The van der Waals surface area contributed by atoms with Crippen LogP contribution in [0.2, 0.25) is 0 Å². The highest BCUT2D eigenvalue weighted by molar-refractivity contribution is 6.11. The van der Waals surface area contributed by atoms with Gasteiger partial charge in [-0.3, -0.25) is 0 Å². The van der Waals surface area contributed by atoms with Crippen molar-refractivity contribution < 1.29 is 0 Å². The molecular formula is C47H31N. The number of nitrogens with zero attached hydrogens (tertiary/aromatic N) is 1. The number of fused-ring (bicyclic) bond motifs is 7. The molecule has 0 bridgehead atoms. The predicted octanol–water partition coefficient (Wildman–Crippen LogP) is 12.4. The van der Waals surface area contributed by atoms with Gasteiger partial charge in [-0.2, -0.15) is 0 Å². The highest BCUT2D eigenvalue weighted by Crippen LogP contribution is 2.51. The summed E-state index contributed by atoms with van der Waals surface area (Å²) in [6, 6.07) is 66.9. The molecule has 1 heteroatoms. The lowest BCUT2D eigenvalue weighted by molar-refractivity contribution is 1.02. The number of para-hydroxylation sites is 1. The Morgan fingerprint density at radius 2 is 0.938 bits per heavy atom. The van der Waals surface area contributed by atoms with Crippen molar-refractivity contribution in [2.24, 2.45) is 0 Å². The smallest absolute Gasteiger partial charge is 0.0541 e. The average Bonchev–Trinajstić information content (AvgIpc) is 3.67. The minimum Gasteiger partial charge on any atom is -0.309 e. The molecule has 0 spiro atoms. The van der Waals surface area contributed by atoms with Gasteiger partial charge >= 0.3 is 0 Å². The summed E-state index contributed by atoms with van der Waals surface area (Å²) in [4.78, 5) is 0. The van der Waals surface area contributed by atoms with Gasteiger partial charge < -0.3 is 4.57 Å². The van der Waals surface area contributed by atoms with Crippen LogP contribution in [0.5, 0.6) is 0 Å². The quantitative estimate of drug-likeness (QED) is 0.187. The van der Waals surface area contributed by atoms with E-state index in [1.54, 1.807) is 0 Å². The first kappa shape index (κ1) is 27.0. The van der Waals surface area contributed by atoms with Crippen LogP contribution in [-0.4, -0.2) is 4.57 Å². The molecule has 0 aliphatic heterocycles. The molecule has 9 aromatic rings. The van der Waals surface area contributed by atoms with Gasteiger partial charge in [0.2, 0.25) is 0 Å². The number of hydrogen-bond acceptors (Lipinski definition) is 0. The van der Waals surface area contributed by atoms with E-state index in [1.807, 2.05) is 0 Å². The molecule has 0 fully saturated rings. The largest absolute Gasteiger partial charge is 0.309 e. The number of aromatic nitrogens is 1. The van der Waals surface area contributed by atoms with Crippen LogP contribution in [0.3, 0.4) is 0 Å². The third-order valence-electron chi connectivity index (χ3n) is 10.3. The molecule has 8 aromatic carbocycles. The monoisotopic (exact) mass is 609 g/mol. The molecule has 1 nitrogen and oxygen atoms in total. The van der Waals surface area contributed by atoms with Crippen LogP contribution in [-0.2, 0) is 0 Å². The van der Waals surface area contributed by atoms with E-state index >= 15 is 0 Å². The fourth-order valence-electron chi connectivity index (χ4n) is 8.16. The van der Waals surface area contributed by atoms with Crippen molar-refractivity contribution >= 4 is 32.6 Å². The maximum absolute atomic E-state index is 2.44. The first-order valence-corrected chi connectivity index (χ1v) is 16.7. The SMILES string of the molecule is c1ccc(-c2ccccc2[C@@H]2c3ccccc3-c3cc(-c4ccc5c(c4)c4ccccc4n5-c4cccc5ccccc45)ccc32)cc1. The van der Waals surface area contributed by atoms with Gasteiger partial charge in [-0.15, -0.1) is 0 Å². The first-order valence-electron chi connectivity index (χ1n) is 16.7. The second-order valence-corrected chi connectivity index (χ2v) is 12.9. The Morgan fingerprint density at radius 3 is 1.81 bits per heavy atom. The molecule has 0 N–H and O–H groups in total. The molecule has 1 heterocycles. The Kier molecular flexibility index (Phi) is 6.01. The van der Waals surface area contributed by atoms with Gasteiger partial charge in [-0.05, 0) is 85.8 Å². The second kappa shape index (κ2) is 10.7. The molecule has 0 radical (unpaired) electrons. The third kappa shape index (κ3) is 4.04. The third-order valence-corrected chi connectivity index (χ3v) is 10.3. The van der Waals surface area contributed by atoms with Crippen LogP contribution >= 0.6 is 0 Å². The van der Waals surface area contributed by atoms with E-state index in [0.717, 1.165) is 0 Å². The molecule has 1 aliphatic rings. The highest BCUT2D eigenvalue weighted by Gasteiger charge is 2.31. The van der Waals surface area contributed by atoms with Crippen LogP contribution in [0.4, 0.5) is 0 Å². The minimum atomic E-state index is 0.183. The Morgan fingerprint density at radius 1 is 0.333 bits per heavy atom. The Bertz CT molecular complexity index is 2670. The lowest BCUT2D eigenvalue weighted by atomic mass is 9.84. The van der Waals surface area contributed by atoms with Crippen LogP contribution in [0.15, 0.2) is 182 Å². The molecule has 1 aromatic heterocycles. The molecular weight excluding hydrogens is 579 g/mol. The van der Waals surface area contributed by atoms with Crippen molar-refractivity contribution in [3.8, 4) is 39.1 Å². The van der Waals surface area contributed by atoms with Crippen molar-refractivity contribution in [1.29, 1.82) is 0 Å². The number of hydrogen-bond donors (Lipinski definition) is 0. The van der Waals surface area contributed by atoms with E-state index in [2.05, 4.69) is 187 Å². The second-order valence-electron chi connectivity index (χ2n) is 12.9. The molecule has 0 saturated carbocycles. The van der Waals surface area contributed by atoms with Crippen molar-refractivity contribution in [3.05, 3.63) is 199 Å². The van der Waals surface area contributed by atoms with Crippen molar-refractivity contribution in [2.45, 2.75) is 5.92 Å². The lowest BCUT2D eigenvalue weighted by Crippen LogP contribution is -2.01. The molecule has 0 amide bonds. The molecule has 1 atom stereocenters. The summed E-state index contributed by atoms with van der Waals surface area (Å²) in [6.45, 7) is 0. The maximum Gasteiger partial charge on any atom is 0.0541 e. The zero-order chi connectivity index (χ0) is 31.6. The van der Waals surface area contributed by atoms with E-state index in [1.165, 1.54) is 88.3 Å². The number of rotatable bonds is 4. The summed E-state index contributed by atoms with van der Waals surface area (Å²) < 4.78 is 2.44. The minimum absolute atomic E-state index is 0.183. The van der Waals surface area contributed by atoms with Crippen molar-refractivity contribution in [1.82, 2.24) is 4.57 Å². The van der Waals surface area contributed by atoms with Gasteiger partial charge in [0.25, 0.3) is 0 Å². The Labute approximate surface area is 280 Å². The summed E-state index contributed by atoms with van der Waals surface area (Å²) in [6.07, 6.45) is 0. The summed E-state index contributed by atoms with van der Waals surface area (Å²) in [5, 5.41) is 5.05. The highest BCUT2D eigenvalue weighted by atomic mass is 15.0. The zero-order valence-corrected chi connectivity index (χ0v) is 26.3. The standard InChI is InChI=1S/C47H31N/c1-2-13-31(14-3-1)35-17-6-8-21-39(35)47-40-22-9-7-19-37(40)42-29-33(25-27-41(42)47)34-26-28-46-43(30-34)38-20-10-11-23-45(38)48(46)44-24-12-16-32-15-4-5-18-36(32)44/h1-30,47H/t47-/m1/s1. The van der Waals surface area contributed by atoms with Crippen LogP contribution in [0.25, 0.3) is 71.6 Å². The number of benzene rings is 8. The predicted molar refractivity (Wildman–Crippen MR) is 202 cm³/mol. The lowest BCUT2D eigenvalue weighted by Gasteiger charge is -2.19. The molecule has 224 valence electrons. The van der Waals surface area contributed by atoms with Gasteiger partial charge in [0.15, 0.2) is 0 Å². The molecule has 10 rings (SSSR count). The van der Waals surface area contributed by atoms with Gasteiger partial charge in [0, 0.05) is 22.1 Å². The first-order chi connectivity index (χ1) is 23.8. The van der Waals surface area contributed by atoms with Crippen LogP contribution in [0, 0.1) is 0 Å². The average molecular weight is 610 g/mol. The molecule has 1 aliphatic carbocycles. The van der Waals surface area contributed by atoms with E-state index in [-0.39, 0.29) is 5.92 Å². The topological polar surface area (TPSA) is 4.93 Å². The molecule has 0 unspecified atom stereocenters. The summed E-state index contributed by atoms with van der Waals surface area (Å²) in [7, 11) is 0. The van der Waals surface area contributed by atoms with Gasteiger partial charge in [-0.1, -0.05) is 152 Å². The summed E-state index contributed by atoms with van der Waals surface area (Å²) >= 11 is 0. The fourth-order valence-corrected chi connectivity index (χ4v) is 8.16. The Hall–Kier alpha value is -6.18. The van der Waals surface area contributed by atoms with Crippen LogP contribution in [0.1, 0.15) is 22.6 Å². The van der Waals surface area contributed by atoms with E-state index in [0.29, 0.717) is 0 Å². The van der Waals surface area contributed by atoms with Gasteiger partial charge in [0.1, 0.15) is 0 Å². The molecule has 48 heavy (non-hydrogen) atoms. The zero-order valence-electron chi connectivity index (χ0n) is 26.3. The summed E-state index contributed by atoms with van der Waals surface area (Å²) in [5.74, 6) is 0.183. The maximum atomic E-state index is 2.44. The van der Waals surface area contributed by atoms with Crippen molar-refractivity contribution in [3.63, 3.8) is 0 Å². The Balaban J connectivity index is 1.14. The van der Waals surface area contributed by atoms with Gasteiger partial charge in [0.05, 0.1) is 16.7 Å². The fraction of sp³-hybridized carbons (Fsp3) is 0.0213. The van der Waals surface area contributed by atoms with Gasteiger partial charge in [-0.25, -0.2) is 0 Å². The van der Waals surface area contributed by atoms with Crippen molar-refractivity contribution in [2.75, 3.05) is 0 Å². The molecule has 0 saturated heterocycles. The summed E-state index contributed by atoms with van der Waals surface area (Å²) in [5.41, 5.74) is 15.4. The van der Waals surface area contributed by atoms with E-state index in [9.17, 15) is 0 Å². The normalized spacial score (nSPS) is 13.6. The van der Waals surface area contributed by atoms with Crippen LogP contribution < -0.4 is 0 Å².